The van der Waals surface area contributed by atoms with Crippen LogP contribution in [0.3, 0.4) is 0 Å². The second-order valence-corrected chi connectivity index (χ2v) is 8.48. The minimum Gasteiger partial charge on any atom is -0.478 e. The number of piperidine rings is 1. The van der Waals surface area contributed by atoms with E-state index < -0.39 is 0 Å². The molecule has 0 spiro atoms. The van der Waals surface area contributed by atoms with E-state index in [2.05, 4.69) is 71.2 Å². The van der Waals surface area contributed by atoms with Gasteiger partial charge in [-0.25, -0.2) is 4.98 Å². The van der Waals surface area contributed by atoms with E-state index >= 15 is 0 Å². The molecule has 1 atom stereocenters. The Morgan fingerprint density at radius 3 is 2.62 bits per heavy atom. The van der Waals surface area contributed by atoms with Crippen LogP contribution < -0.4 is 9.47 Å². The van der Waals surface area contributed by atoms with E-state index in [0.717, 1.165) is 24.2 Å². The quantitative estimate of drug-likeness (QED) is 0.451. The Labute approximate surface area is 191 Å². The van der Waals surface area contributed by atoms with Crippen LogP contribution in [0.15, 0.2) is 54.7 Å². The molecule has 5 heteroatoms. The third-order valence-electron chi connectivity index (χ3n) is 6.29. The van der Waals surface area contributed by atoms with Gasteiger partial charge in [-0.05, 0) is 62.4 Å². The van der Waals surface area contributed by atoms with Crippen LogP contribution in [0.4, 0.5) is 0 Å². The molecule has 2 aromatic carbocycles. The Kier molecular flexibility index (Phi) is 7.38. The van der Waals surface area contributed by atoms with Crippen molar-refractivity contribution in [3.63, 3.8) is 0 Å². The molecule has 1 aliphatic heterocycles. The average Bonchev–Trinajstić information content (AvgIpc) is 2.82. The summed E-state index contributed by atoms with van der Waals surface area (Å²) in [5, 5.41) is 0. The van der Waals surface area contributed by atoms with Crippen molar-refractivity contribution in [3.05, 3.63) is 71.4 Å². The monoisotopic (exact) mass is 431 g/mol. The first-order valence-corrected chi connectivity index (χ1v) is 11.6. The van der Waals surface area contributed by atoms with Crippen LogP contribution in [0.1, 0.15) is 49.8 Å². The van der Waals surface area contributed by atoms with Crippen molar-refractivity contribution < 1.29 is 9.47 Å². The summed E-state index contributed by atoms with van der Waals surface area (Å²) in [4.78, 5) is 11.6. The first kappa shape index (κ1) is 22.3. The Hall–Kier alpha value is -2.92. The third kappa shape index (κ3) is 5.28. The third-order valence-corrected chi connectivity index (χ3v) is 6.29. The number of rotatable bonds is 8. The fraction of sp³-hybridized carbons (Fsp3) is 0.407. The number of aromatic nitrogens is 2. The summed E-state index contributed by atoms with van der Waals surface area (Å²) < 4.78 is 11.9. The molecule has 0 amide bonds. The fourth-order valence-electron chi connectivity index (χ4n) is 4.34. The topological polar surface area (TPSA) is 47.5 Å². The fourth-order valence-corrected chi connectivity index (χ4v) is 4.34. The molecule has 2 heterocycles. The van der Waals surface area contributed by atoms with Gasteiger partial charge < -0.3 is 9.47 Å². The highest BCUT2D eigenvalue weighted by atomic mass is 16.5. The van der Waals surface area contributed by atoms with Crippen LogP contribution >= 0.6 is 0 Å². The van der Waals surface area contributed by atoms with Crippen LogP contribution in [0.2, 0.25) is 0 Å². The molecular weight excluding hydrogens is 398 g/mol. The maximum Gasteiger partial charge on any atom is 0.320 e. The zero-order valence-electron chi connectivity index (χ0n) is 19.4. The van der Waals surface area contributed by atoms with Crippen LogP contribution in [-0.2, 0) is 13.2 Å². The molecule has 0 unspecified atom stereocenters. The van der Waals surface area contributed by atoms with E-state index in [1.807, 2.05) is 19.2 Å². The summed E-state index contributed by atoms with van der Waals surface area (Å²) in [6, 6.07) is 17.7. The van der Waals surface area contributed by atoms with Gasteiger partial charge in [-0.1, -0.05) is 55.0 Å². The lowest BCUT2D eigenvalue weighted by atomic mass is 9.97. The minimum atomic E-state index is 0.355. The van der Waals surface area contributed by atoms with Gasteiger partial charge in [0, 0.05) is 24.3 Å². The van der Waals surface area contributed by atoms with E-state index in [-0.39, 0.29) is 0 Å². The van der Waals surface area contributed by atoms with Crippen LogP contribution in [0.25, 0.3) is 11.1 Å². The minimum absolute atomic E-state index is 0.355. The largest absolute Gasteiger partial charge is 0.478 e. The molecule has 168 valence electrons. The van der Waals surface area contributed by atoms with Crippen molar-refractivity contribution in [2.24, 2.45) is 0 Å². The number of benzene rings is 2. The summed E-state index contributed by atoms with van der Waals surface area (Å²) in [7, 11) is 0. The molecule has 1 aliphatic rings. The molecule has 0 bridgehead atoms. The molecule has 0 aliphatic carbocycles. The van der Waals surface area contributed by atoms with Gasteiger partial charge in [0.15, 0.2) is 0 Å². The highest BCUT2D eigenvalue weighted by Gasteiger charge is 2.21. The van der Waals surface area contributed by atoms with E-state index in [1.54, 1.807) is 0 Å². The van der Waals surface area contributed by atoms with Crippen molar-refractivity contribution in [1.82, 2.24) is 14.9 Å². The number of nitrogens with zero attached hydrogens (tertiary/aromatic N) is 3. The highest BCUT2D eigenvalue weighted by Crippen LogP contribution is 2.27. The Morgan fingerprint density at radius 1 is 1.00 bits per heavy atom. The first-order chi connectivity index (χ1) is 15.7. The SMILES string of the molecule is CCOc1nc(OCc2cccc(-c3ccccc3)c2C)ncc1CN1CCCC[C@H]1C. The molecule has 1 aromatic heterocycles. The summed E-state index contributed by atoms with van der Waals surface area (Å²) in [6.07, 6.45) is 5.66. The molecule has 0 N–H and O–H groups in total. The van der Waals surface area contributed by atoms with Gasteiger partial charge in [0.05, 0.1) is 6.61 Å². The Morgan fingerprint density at radius 2 is 1.84 bits per heavy atom. The molecular formula is C27H33N3O2. The Balaban J connectivity index is 1.48. The lowest BCUT2D eigenvalue weighted by Gasteiger charge is -2.33. The molecule has 5 nitrogen and oxygen atoms in total. The van der Waals surface area contributed by atoms with Gasteiger partial charge in [0.1, 0.15) is 6.61 Å². The van der Waals surface area contributed by atoms with Crippen LogP contribution in [0, 0.1) is 6.92 Å². The lowest BCUT2D eigenvalue weighted by Crippen LogP contribution is -2.36. The normalized spacial score (nSPS) is 16.7. The predicted molar refractivity (Wildman–Crippen MR) is 128 cm³/mol. The van der Waals surface area contributed by atoms with E-state index in [4.69, 9.17) is 9.47 Å². The number of likely N-dealkylation sites (tertiary alicyclic amines) is 1. The van der Waals surface area contributed by atoms with E-state index in [1.165, 1.54) is 36.0 Å². The Bertz CT molecular complexity index is 1020. The van der Waals surface area contributed by atoms with E-state index in [9.17, 15) is 0 Å². The standard InChI is InChI=1S/C27H33N3O2/c1-4-31-26-24(18-30-16-9-8-11-20(30)2)17-28-27(29-26)32-19-23-14-10-15-25(21(23)3)22-12-6-5-7-13-22/h5-7,10,12-15,17,20H,4,8-9,11,16,18-19H2,1-3H3/t20-/m1/s1. The second kappa shape index (κ2) is 10.6. The molecule has 1 fully saturated rings. The zero-order chi connectivity index (χ0) is 22.3. The smallest absolute Gasteiger partial charge is 0.320 e. The van der Waals surface area contributed by atoms with Gasteiger partial charge in [0.2, 0.25) is 5.88 Å². The van der Waals surface area contributed by atoms with Crippen LogP contribution in [-0.4, -0.2) is 34.1 Å². The van der Waals surface area contributed by atoms with E-state index in [0.29, 0.717) is 31.1 Å². The van der Waals surface area contributed by atoms with Crippen molar-refractivity contribution in [3.8, 4) is 23.0 Å². The molecule has 3 aromatic rings. The average molecular weight is 432 g/mol. The summed E-state index contributed by atoms with van der Waals surface area (Å²) >= 11 is 0. The maximum atomic E-state index is 6.00. The molecule has 0 radical (unpaired) electrons. The lowest BCUT2D eigenvalue weighted by molar-refractivity contribution is 0.149. The van der Waals surface area contributed by atoms with Crippen molar-refractivity contribution >= 4 is 0 Å². The maximum absolute atomic E-state index is 6.00. The van der Waals surface area contributed by atoms with Gasteiger partial charge in [-0.2, -0.15) is 4.98 Å². The van der Waals surface area contributed by atoms with Crippen LogP contribution in [0.5, 0.6) is 11.9 Å². The van der Waals surface area contributed by atoms with Gasteiger partial charge in [0.25, 0.3) is 0 Å². The summed E-state index contributed by atoms with van der Waals surface area (Å²) in [6.45, 7) is 9.32. The second-order valence-electron chi connectivity index (χ2n) is 8.48. The number of hydrogen-bond acceptors (Lipinski definition) is 5. The van der Waals surface area contributed by atoms with Crippen molar-refractivity contribution in [1.29, 1.82) is 0 Å². The number of ether oxygens (including phenoxy) is 2. The van der Waals surface area contributed by atoms with Crippen molar-refractivity contribution in [2.45, 2.75) is 59.2 Å². The molecule has 4 rings (SSSR count). The first-order valence-electron chi connectivity index (χ1n) is 11.6. The van der Waals surface area contributed by atoms with Gasteiger partial charge in [-0.15, -0.1) is 0 Å². The predicted octanol–water partition coefficient (Wildman–Crippen LogP) is 5.80. The van der Waals surface area contributed by atoms with Gasteiger partial charge in [-0.3, -0.25) is 4.90 Å². The molecule has 0 saturated carbocycles. The zero-order valence-corrected chi connectivity index (χ0v) is 19.4. The highest BCUT2D eigenvalue weighted by molar-refractivity contribution is 5.68. The molecule has 1 saturated heterocycles. The van der Waals surface area contributed by atoms with Crippen molar-refractivity contribution in [2.75, 3.05) is 13.2 Å². The number of hydrogen-bond donors (Lipinski definition) is 0. The molecule has 32 heavy (non-hydrogen) atoms. The summed E-state index contributed by atoms with van der Waals surface area (Å²) in [5.74, 6) is 0.630. The van der Waals surface area contributed by atoms with Gasteiger partial charge >= 0.3 is 6.01 Å². The summed E-state index contributed by atoms with van der Waals surface area (Å²) in [5.41, 5.74) is 5.78.